The van der Waals surface area contributed by atoms with Gasteiger partial charge in [-0.05, 0) is 64.3 Å². The molecule has 0 aliphatic carbocycles. The number of carbonyl (C=O) groups excluding carboxylic acids is 2. The van der Waals surface area contributed by atoms with E-state index < -0.39 is 11.7 Å². The smallest absolute Gasteiger partial charge is 0.407 e. The molecule has 204 valence electrons. The fourth-order valence-corrected chi connectivity index (χ4v) is 4.08. The Morgan fingerprint density at radius 3 is 2.42 bits per heavy atom. The maximum Gasteiger partial charge on any atom is 0.407 e. The Bertz CT molecular complexity index is 1280. The predicted octanol–water partition coefficient (Wildman–Crippen LogP) is 4.99. The Balaban J connectivity index is 1.78. The van der Waals surface area contributed by atoms with Crippen LogP contribution in [0.15, 0.2) is 53.3 Å². The number of para-hydroxylation sites is 1. The third-order valence-corrected chi connectivity index (χ3v) is 5.83. The van der Waals surface area contributed by atoms with E-state index in [0.717, 1.165) is 30.6 Å². The first-order valence-corrected chi connectivity index (χ1v) is 13.1. The summed E-state index contributed by atoms with van der Waals surface area (Å²) in [6, 6.07) is 15.1. The van der Waals surface area contributed by atoms with Crippen LogP contribution in [0.4, 0.5) is 10.5 Å². The number of ether oxygens (including phenoxy) is 2. The number of hydrogen-bond acceptors (Lipinski definition) is 7. The number of hydrogen-bond donors (Lipinski definition) is 2. The summed E-state index contributed by atoms with van der Waals surface area (Å²) in [5.74, 6) is 0.427. The molecule has 9 nitrogen and oxygen atoms in total. The zero-order valence-electron chi connectivity index (χ0n) is 22.7. The van der Waals surface area contributed by atoms with Crippen molar-refractivity contribution in [3.05, 3.63) is 64.7 Å². The second-order valence-corrected chi connectivity index (χ2v) is 10.0. The number of unbranched alkanes of at least 4 members (excludes halogenated alkanes) is 2. The zero-order valence-corrected chi connectivity index (χ0v) is 22.7. The van der Waals surface area contributed by atoms with Gasteiger partial charge in [0, 0.05) is 31.6 Å². The van der Waals surface area contributed by atoms with Crippen molar-refractivity contribution in [2.75, 3.05) is 25.5 Å². The highest BCUT2D eigenvalue weighted by molar-refractivity contribution is 5.90. The minimum absolute atomic E-state index is 0.148. The molecule has 0 bridgehead atoms. The van der Waals surface area contributed by atoms with Gasteiger partial charge in [-0.1, -0.05) is 30.7 Å². The molecule has 1 aromatic heterocycles. The number of rotatable bonds is 12. The third kappa shape index (κ3) is 8.33. The summed E-state index contributed by atoms with van der Waals surface area (Å²) in [5, 5.41) is 6.68. The van der Waals surface area contributed by atoms with Gasteiger partial charge in [0.1, 0.15) is 11.4 Å². The van der Waals surface area contributed by atoms with E-state index in [0.29, 0.717) is 49.1 Å². The lowest BCUT2D eigenvalue weighted by Gasteiger charge is -2.19. The summed E-state index contributed by atoms with van der Waals surface area (Å²) >= 11 is 0. The summed E-state index contributed by atoms with van der Waals surface area (Å²) < 4.78 is 11.6. The molecule has 0 saturated heterocycles. The van der Waals surface area contributed by atoms with Crippen molar-refractivity contribution in [2.24, 2.45) is 0 Å². The van der Waals surface area contributed by atoms with Crippen LogP contribution in [0.2, 0.25) is 0 Å². The lowest BCUT2D eigenvalue weighted by atomic mass is 10.1. The fraction of sp³-hybridized carbons (Fsp3) is 0.448. The maximum atomic E-state index is 13.9. The number of nitrogens with one attached hydrogen (secondary N) is 2. The molecule has 9 heteroatoms. The molecule has 0 atom stereocenters. The summed E-state index contributed by atoms with van der Waals surface area (Å²) in [4.78, 5) is 42.0. The van der Waals surface area contributed by atoms with Crippen molar-refractivity contribution < 1.29 is 19.1 Å². The van der Waals surface area contributed by atoms with Gasteiger partial charge in [0.2, 0.25) is 0 Å². The van der Waals surface area contributed by atoms with E-state index >= 15 is 0 Å². The Hall–Kier alpha value is -3.88. The number of aromatic nitrogens is 2. The van der Waals surface area contributed by atoms with Gasteiger partial charge in [-0.25, -0.2) is 9.78 Å². The highest BCUT2D eigenvalue weighted by atomic mass is 16.6. The number of esters is 1. The van der Waals surface area contributed by atoms with E-state index in [1.807, 2.05) is 69.3 Å². The molecule has 3 rings (SSSR count). The number of carbonyl (C=O) groups is 2. The number of methoxy groups -OCH3 is 1. The van der Waals surface area contributed by atoms with Crippen LogP contribution in [-0.4, -0.2) is 47.4 Å². The van der Waals surface area contributed by atoms with Crippen molar-refractivity contribution in [3.8, 4) is 5.69 Å². The second-order valence-electron chi connectivity index (χ2n) is 10.0. The van der Waals surface area contributed by atoms with E-state index in [1.165, 1.54) is 7.11 Å². The molecule has 3 aromatic rings. The molecule has 0 aliphatic heterocycles. The standard InChI is InChI=1S/C29H38N4O5/c1-29(2,3)38-28(36)31-20-12-17-24-32-23-16-11-15-22(30-19-10-6-9-18-25(34)37-4)26(23)27(35)33(24)21-13-7-5-8-14-21/h5,7-8,11,13-16,30H,6,9-10,12,17-20H2,1-4H3,(H,31,36). The van der Waals surface area contributed by atoms with E-state index in [-0.39, 0.29) is 11.5 Å². The van der Waals surface area contributed by atoms with Gasteiger partial charge in [-0.3, -0.25) is 14.2 Å². The number of aryl methyl sites for hydroxylation is 1. The van der Waals surface area contributed by atoms with Crippen molar-refractivity contribution in [1.82, 2.24) is 14.9 Å². The van der Waals surface area contributed by atoms with Crippen LogP contribution in [-0.2, 0) is 20.7 Å². The number of alkyl carbamates (subject to hydrolysis) is 1. The van der Waals surface area contributed by atoms with Crippen LogP contribution in [0, 0.1) is 0 Å². The monoisotopic (exact) mass is 522 g/mol. The van der Waals surface area contributed by atoms with Crippen molar-refractivity contribution in [3.63, 3.8) is 0 Å². The molecule has 2 aromatic carbocycles. The molecular weight excluding hydrogens is 484 g/mol. The molecule has 0 saturated carbocycles. The normalized spacial score (nSPS) is 11.3. The fourth-order valence-electron chi connectivity index (χ4n) is 4.08. The Morgan fingerprint density at radius 1 is 0.947 bits per heavy atom. The van der Waals surface area contributed by atoms with Gasteiger partial charge >= 0.3 is 12.1 Å². The van der Waals surface area contributed by atoms with E-state index in [9.17, 15) is 14.4 Å². The predicted molar refractivity (Wildman–Crippen MR) is 149 cm³/mol. The zero-order chi connectivity index (χ0) is 27.5. The third-order valence-electron chi connectivity index (χ3n) is 5.83. The number of benzene rings is 2. The van der Waals surface area contributed by atoms with E-state index in [4.69, 9.17) is 9.72 Å². The molecule has 1 heterocycles. The number of nitrogens with zero attached hydrogens (tertiary/aromatic N) is 2. The lowest BCUT2D eigenvalue weighted by molar-refractivity contribution is -0.140. The first-order chi connectivity index (χ1) is 18.2. The van der Waals surface area contributed by atoms with Crippen LogP contribution < -0.4 is 16.2 Å². The first kappa shape index (κ1) is 28.7. The van der Waals surface area contributed by atoms with Crippen molar-refractivity contribution >= 4 is 28.7 Å². The molecule has 0 fully saturated rings. The molecule has 2 N–H and O–H groups in total. The van der Waals surface area contributed by atoms with Gasteiger partial charge in [0.05, 0.1) is 23.7 Å². The molecule has 0 spiro atoms. The molecular formula is C29H38N4O5. The Labute approximate surface area is 223 Å². The van der Waals surface area contributed by atoms with Crippen LogP contribution in [0.3, 0.4) is 0 Å². The highest BCUT2D eigenvalue weighted by Gasteiger charge is 2.17. The van der Waals surface area contributed by atoms with Gasteiger partial charge in [0.15, 0.2) is 0 Å². The summed E-state index contributed by atoms with van der Waals surface area (Å²) in [6.07, 6.45) is 3.52. The average molecular weight is 523 g/mol. The molecule has 38 heavy (non-hydrogen) atoms. The maximum absolute atomic E-state index is 13.9. The minimum atomic E-state index is -0.563. The minimum Gasteiger partial charge on any atom is -0.469 e. The summed E-state index contributed by atoms with van der Waals surface area (Å²) in [7, 11) is 1.40. The van der Waals surface area contributed by atoms with Gasteiger partial charge in [-0.15, -0.1) is 0 Å². The SMILES string of the molecule is COC(=O)CCCCCNc1cccc2nc(CCCNC(=O)OC(C)(C)C)n(-c3ccccc3)c(=O)c12. The lowest BCUT2D eigenvalue weighted by Crippen LogP contribution is -2.33. The Kier molecular flexibility index (Phi) is 10.3. The number of anilines is 1. The highest BCUT2D eigenvalue weighted by Crippen LogP contribution is 2.21. The number of fused-ring (bicyclic) bond motifs is 1. The van der Waals surface area contributed by atoms with Gasteiger partial charge in [-0.2, -0.15) is 0 Å². The van der Waals surface area contributed by atoms with Crippen LogP contribution in [0.5, 0.6) is 0 Å². The quantitative estimate of drug-likeness (QED) is 0.255. The van der Waals surface area contributed by atoms with Gasteiger partial charge in [0.25, 0.3) is 5.56 Å². The van der Waals surface area contributed by atoms with E-state index in [1.54, 1.807) is 4.57 Å². The van der Waals surface area contributed by atoms with Crippen molar-refractivity contribution in [1.29, 1.82) is 0 Å². The summed E-state index contributed by atoms with van der Waals surface area (Å²) in [6.45, 7) is 6.52. The van der Waals surface area contributed by atoms with Gasteiger partial charge < -0.3 is 20.1 Å². The van der Waals surface area contributed by atoms with Crippen LogP contribution >= 0.6 is 0 Å². The molecule has 0 aliphatic rings. The molecule has 1 amide bonds. The van der Waals surface area contributed by atoms with Crippen molar-refractivity contribution in [2.45, 2.75) is 64.9 Å². The molecule has 0 radical (unpaired) electrons. The van der Waals surface area contributed by atoms with E-state index in [2.05, 4.69) is 15.4 Å². The average Bonchev–Trinajstić information content (AvgIpc) is 2.88. The van der Waals surface area contributed by atoms with Crippen LogP contribution in [0.25, 0.3) is 16.6 Å². The Morgan fingerprint density at radius 2 is 1.71 bits per heavy atom. The second kappa shape index (κ2) is 13.6. The topological polar surface area (TPSA) is 112 Å². The largest absolute Gasteiger partial charge is 0.469 e. The summed E-state index contributed by atoms with van der Waals surface area (Å²) in [5.41, 5.74) is 1.38. The van der Waals surface area contributed by atoms with Crippen LogP contribution in [0.1, 0.15) is 58.7 Å². The first-order valence-electron chi connectivity index (χ1n) is 13.1. The number of amides is 1. The molecule has 0 unspecified atom stereocenters.